The summed E-state index contributed by atoms with van der Waals surface area (Å²) >= 11 is 6.21. The second-order valence-corrected chi connectivity index (χ2v) is 12.5. The van der Waals surface area contributed by atoms with E-state index in [1.165, 1.54) is 11.4 Å². The Kier molecular flexibility index (Phi) is 12.2. The molecule has 0 aromatic heterocycles. The van der Waals surface area contributed by atoms with Gasteiger partial charge in [-0.25, -0.2) is 8.42 Å². The number of rotatable bonds is 14. The van der Waals surface area contributed by atoms with Crippen molar-refractivity contribution in [2.24, 2.45) is 0 Å². The van der Waals surface area contributed by atoms with Gasteiger partial charge >= 0.3 is 0 Å². The van der Waals surface area contributed by atoms with Crippen molar-refractivity contribution >= 4 is 33.4 Å². The molecule has 1 aliphatic rings. The molecule has 2 aromatic rings. The summed E-state index contributed by atoms with van der Waals surface area (Å²) in [5.41, 5.74) is 1.77. The van der Waals surface area contributed by atoms with Gasteiger partial charge in [0, 0.05) is 44.4 Å². The van der Waals surface area contributed by atoms with E-state index in [4.69, 9.17) is 21.1 Å². The van der Waals surface area contributed by atoms with Crippen LogP contribution in [0.15, 0.2) is 48.5 Å². The van der Waals surface area contributed by atoms with Crippen LogP contribution in [0, 0.1) is 0 Å². The van der Waals surface area contributed by atoms with Crippen LogP contribution in [0.3, 0.4) is 0 Å². The molecule has 40 heavy (non-hydrogen) atoms. The molecule has 0 aliphatic carbocycles. The normalized spacial score (nSPS) is 14.4. The predicted molar refractivity (Wildman–Crippen MR) is 156 cm³/mol. The van der Waals surface area contributed by atoms with Crippen molar-refractivity contribution in [3.05, 3.63) is 64.7 Å². The van der Waals surface area contributed by atoms with Crippen LogP contribution >= 0.6 is 11.6 Å². The van der Waals surface area contributed by atoms with E-state index in [1.54, 1.807) is 25.0 Å². The van der Waals surface area contributed by atoms with Gasteiger partial charge in [0.2, 0.25) is 21.8 Å². The fourth-order valence-electron chi connectivity index (χ4n) is 4.85. The lowest BCUT2D eigenvalue weighted by Gasteiger charge is -2.39. The van der Waals surface area contributed by atoms with Gasteiger partial charge in [-0.1, -0.05) is 42.8 Å². The molecule has 11 heteroatoms. The van der Waals surface area contributed by atoms with Gasteiger partial charge in [-0.15, -0.1) is 0 Å². The van der Waals surface area contributed by atoms with Gasteiger partial charge < -0.3 is 19.3 Å². The quantitative estimate of drug-likeness (QED) is 0.332. The molecule has 220 valence electrons. The number of nitrogens with zero attached hydrogens (tertiary/aromatic N) is 3. The number of ether oxygens (including phenoxy) is 2. The Labute approximate surface area is 243 Å². The first-order valence-electron chi connectivity index (χ1n) is 13.6. The van der Waals surface area contributed by atoms with Crippen molar-refractivity contribution in [2.75, 3.05) is 52.8 Å². The minimum absolute atomic E-state index is 0.0347. The largest absolute Gasteiger partial charge is 0.497 e. The molecule has 1 aliphatic heterocycles. The molecule has 0 spiro atoms. The number of piperidine rings is 1. The number of hydrogen-bond acceptors (Lipinski definition) is 6. The van der Waals surface area contributed by atoms with Crippen LogP contribution < -0.4 is 4.74 Å². The summed E-state index contributed by atoms with van der Waals surface area (Å²) in [5, 5.41) is 0.566. The summed E-state index contributed by atoms with van der Waals surface area (Å²) in [7, 11) is -0.509. The molecule has 0 unspecified atom stereocenters. The predicted octanol–water partition coefficient (Wildman–Crippen LogP) is 3.60. The van der Waals surface area contributed by atoms with Gasteiger partial charge in [-0.05, 0) is 54.7 Å². The number of methoxy groups -OCH3 is 2. The summed E-state index contributed by atoms with van der Waals surface area (Å²) < 4.78 is 37.3. The van der Waals surface area contributed by atoms with E-state index in [-0.39, 0.29) is 43.3 Å². The highest BCUT2D eigenvalue weighted by Gasteiger charge is 2.32. The average molecular weight is 594 g/mol. The smallest absolute Gasteiger partial charge is 0.238 e. The van der Waals surface area contributed by atoms with E-state index >= 15 is 0 Å². The van der Waals surface area contributed by atoms with Crippen LogP contribution in [0.5, 0.6) is 5.75 Å². The first-order chi connectivity index (χ1) is 19.2. The minimum Gasteiger partial charge on any atom is -0.497 e. The molecule has 1 saturated heterocycles. The molecule has 0 radical (unpaired) electrons. The van der Waals surface area contributed by atoms with Crippen LogP contribution in [0.1, 0.15) is 37.3 Å². The Hall–Kier alpha value is -2.66. The Balaban J connectivity index is 1.72. The molecule has 2 amide bonds. The lowest BCUT2D eigenvalue weighted by Crippen LogP contribution is -2.52. The number of hydrogen-bond donors (Lipinski definition) is 0. The maximum absolute atomic E-state index is 13.7. The molecular formula is C29H40ClN3O6S. The van der Waals surface area contributed by atoms with Crippen molar-refractivity contribution in [3.63, 3.8) is 0 Å². The molecule has 3 rings (SSSR count). The highest BCUT2D eigenvalue weighted by molar-refractivity contribution is 7.89. The number of carbonyl (C=O) groups excluding carboxylic acids is 2. The van der Waals surface area contributed by atoms with Crippen molar-refractivity contribution in [1.29, 1.82) is 0 Å². The van der Waals surface area contributed by atoms with Crippen molar-refractivity contribution in [1.82, 2.24) is 14.1 Å². The molecular weight excluding hydrogens is 554 g/mol. The van der Waals surface area contributed by atoms with E-state index < -0.39 is 10.0 Å². The molecule has 1 fully saturated rings. The van der Waals surface area contributed by atoms with E-state index in [1.807, 2.05) is 47.4 Å². The fourth-order valence-corrected chi connectivity index (χ4v) is 6.49. The SMILES string of the molecule is CCCS(=O)(=O)N(CCOC)CC(=O)N(Cc1cccc(Cl)c1)C1CCN(C(=O)Cc2ccc(OC)cc2)CC1. The topological polar surface area (TPSA) is 96.5 Å². The lowest BCUT2D eigenvalue weighted by atomic mass is 10.0. The van der Waals surface area contributed by atoms with E-state index in [0.717, 1.165) is 16.9 Å². The molecule has 1 heterocycles. The summed E-state index contributed by atoms with van der Waals surface area (Å²) in [6.07, 6.45) is 1.94. The van der Waals surface area contributed by atoms with Gasteiger partial charge in [0.15, 0.2) is 0 Å². The van der Waals surface area contributed by atoms with Crippen molar-refractivity contribution < 1.29 is 27.5 Å². The molecule has 2 aromatic carbocycles. The monoisotopic (exact) mass is 593 g/mol. The van der Waals surface area contributed by atoms with Gasteiger partial charge in [0.05, 0.1) is 32.4 Å². The van der Waals surface area contributed by atoms with Gasteiger partial charge in [0.25, 0.3) is 0 Å². The average Bonchev–Trinajstić information content (AvgIpc) is 2.94. The van der Waals surface area contributed by atoms with Gasteiger partial charge in [0.1, 0.15) is 5.75 Å². The molecule has 0 N–H and O–H groups in total. The second-order valence-electron chi connectivity index (χ2n) is 9.93. The zero-order valence-electron chi connectivity index (χ0n) is 23.6. The molecule has 9 nitrogen and oxygen atoms in total. The number of benzene rings is 2. The molecule has 0 bridgehead atoms. The molecule has 0 saturated carbocycles. The van der Waals surface area contributed by atoms with E-state index in [9.17, 15) is 18.0 Å². The Bertz CT molecular complexity index is 1220. The summed E-state index contributed by atoms with van der Waals surface area (Å²) in [6.45, 7) is 3.16. The Morgan fingerprint density at radius 1 is 1.05 bits per heavy atom. The zero-order valence-corrected chi connectivity index (χ0v) is 25.1. The van der Waals surface area contributed by atoms with Crippen LogP contribution in [0.25, 0.3) is 0 Å². The third kappa shape index (κ3) is 9.19. The Morgan fingerprint density at radius 3 is 2.35 bits per heavy atom. The Morgan fingerprint density at radius 2 is 1.75 bits per heavy atom. The van der Waals surface area contributed by atoms with Crippen LogP contribution in [-0.4, -0.2) is 93.1 Å². The maximum Gasteiger partial charge on any atom is 0.238 e. The maximum atomic E-state index is 13.7. The third-order valence-electron chi connectivity index (χ3n) is 7.05. The number of carbonyl (C=O) groups is 2. The lowest BCUT2D eigenvalue weighted by molar-refractivity contribution is -0.137. The summed E-state index contributed by atoms with van der Waals surface area (Å²) in [4.78, 5) is 30.3. The third-order valence-corrected chi connectivity index (χ3v) is 9.30. The number of amides is 2. The highest BCUT2D eigenvalue weighted by atomic mass is 35.5. The van der Waals surface area contributed by atoms with Crippen molar-refractivity contribution in [3.8, 4) is 5.75 Å². The zero-order chi connectivity index (χ0) is 29.1. The fraction of sp³-hybridized carbons (Fsp3) is 0.517. The number of likely N-dealkylation sites (tertiary alicyclic amines) is 1. The highest BCUT2D eigenvalue weighted by Crippen LogP contribution is 2.23. The van der Waals surface area contributed by atoms with E-state index in [2.05, 4.69) is 0 Å². The second kappa shape index (κ2) is 15.4. The van der Waals surface area contributed by atoms with Gasteiger partial charge in [-0.3, -0.25) is 9.59 Å². The number of halogens is 1. The standard InChI is InChI=1S/C29H40ClN3O6S/c1-4-18-40(36,37)32(16-17-38-2)22-29(35)33(21-24-6-5-7-25(30)19-24)26-12-14-31(15-13-26)28(34)20-23-8-10-27(39-3)11-9-23/h5-11,19,26H,4,12-18,20-22H2,1-3H3. The molecule has 0 atom stereocenters. The summed E-state index contributed by atoms with van der Waals surface area (Å²) in [6, 6.07) is 14.6. The minimum atomic E-state index is -3.61. The van der Waals surface area contributed by atoms with Crippen LogP contribution in [-0.2, 0) is 37.3 Å². The van der Waals surface area contributed by atoms with Crippen LogP contribution in [0.2, 0.25) is 5.02 Å². The summed E-state index contributed by atoms with van der Waals surface area (Å²) in [5.74, 6) is 0.462. The van der Waals surface area contributed by atoms with Gasteiger partial charge in [-0.2, -0.15) is 4.31 Å². The van der Waals surface area contributed by atoms with E-state index in [0.29, 0.717) is 50.3 Å². The van der Waals surface area contributed by atoms with Crippen molar-refractivity contribution in [2.45, 2.75) is 45.2 Å². The van der Waals surface area contributed by atoms with Crippen LogP contribution in [0.4, 0.5) is 0 Å². The first kappa shape index (κ1) is 31.9. The number of sulfonamides is 1. The first-order valence-corrected chi connectivity index (χ1v) is 15.6.